The van der Waals surface area contributed by atoms with Gasteiger partial charge in [-0.25, -0.2) is 4.68 Å². The van der Waals surface area contributed by atoms with Crippen LogP contribution in [0.3, 0.4) is 0 Å². The fraction of sp³-hybridized carbons (Fsp3) is 0.786. The standard InChI is InChI=1S/C14H22N4O2/c1-14(2,20)12-9-18(16-15-12)11-5-7-17(8-6-11)13(19)10-3-4-10/h9-11,20H,3-8H2,1-2H3. The minimum atomic E-state index is -0.957. The van der Waals surface area contributed by atoms with E-state index >= 15 is 0 Å². The van der Waals surface area contributed by atoms with Crippen molar-refractivity contribution in [3.05, 3.63) is 11.9 Å². The molecule has 1 aromatic rings. The number of carbonyl (C=O) groups excluding carboxylic acids is 1. The van der Waals surface area contributed by atoms with Crippen LogP contribution in [-0.4, -0.2) is 44.0 Å². The molecule has 2 fully saturated rings. The van der Waals surface area contributed by atoms with E-state index in [2.05, 4.69) is 10.3 Å². The van der Waals surface area contributed by atoms with E-state index in [1.807, 2.05) is 15.8 Å². The second-order valence-electron chi connectivity index (χ2n) is 6.47. The molecule has 110 valence electrons. The van der Waals surface area contributed by atoms with Crippen molar-refractivity contribution in [1.29, 1.82) is 0 Å². The lowest BCUT2D eigenvalue weighted by Crippen LogP contribution is -2.40. The number of rotatable bonds is 3. The lowest BCUT2D eigenvalue weighted by molar-refractivity contribution is -0.133. The maximum absolute atomic E-state index is 12.0. The molecule has 2 aliphatic rings. The molecule has 0 atom stereocenters. The topological polar surface area (TPSA) is 71.2 Å². The minimum Gasteiger partial charge on any atom is -0.384 e. The molecule has 1 aliphatic carbocycles. The van der Waals surface area contributed by atoms with Gasteiger partial charge in [0, 0.05) is 19.0 Å². The number of aliphatic hydroxyl groups is 1. The number of hydrogen-bond donors (Lipinski definition) is 1. The SMILES string of the molecule is CC(C)(O)c1cn(C2CCN(C(=O)C3CC3)CC2)nn1. The van der Waals surface area contributed by atoms with Crippen LogP contribution in [0.5, 0.6) is 0 Å². The molecular formula is C14H22N4O2. The number of carbonyl (C=O) groups is 1. The smallest absolute Gasteiger partial charge is 0.225 e. The van der Waals surface area contributed by atoms with Gasteiger partial charge in [0.1, 0.15) is 11.3 Å². The van der Waals surface area contributed by atoms with Crippen LogP contribution in [0.2, 0.25) is 0 Å². The molecule has 0 aromatic carbocycles. The zero-order valence-electron chi connectivity index (χ0n) is 12.1. The molecule has 1 aliphatic heterocycles. The highest BCUT2D eigenvalue weighted by Gasteiger charge is 2.35. The normalized spacial score (nSPS) is 21.2. The summed E-state index contributed by atoms with van der Waals surface area (Å²) < 4.78 is 1.84. The van der Waals surface area contributed by atoms with Crippen LogP contribution in [0.25, 0.3) is 0 Å². The van der Waals surface area contributed by atoms with Gasteiger partial charge in [-0.05, 0) is 39.5 Å². The third-order valence-corrected chi connectivity index (χ3v) is 4.21. The molecule has 20 heavy (non-hydrogen) atoms. The predicted molar refractivity (Wildman–Crippen MR) is 72.8 cm³/mol. The Labute approximate surface area is 118 Å². The fourth-order valence-corrected chi connectivity index (χ4v) is 2.67. The van der Waals surface area contributed by atoms with Gasteiger partial charge >= 0.3 is 0 Å². The van der Waals surface area contributed by atoms with E-state index in [9.17, 15) is 9.90 Å². The van der Waals surface area contributed by atoms with E-state index in [-0.39, 0.29) is 6.04 Å². The van der Waals surface area contributed by atoms with Gasteiger partial charge < -0.3 is 10.0 Å². The number of aromatic nitrogens is 3. The Bertz CT molecular complexity index is 494. The number of likely N-dealkylation sites (tertiary alicyclic amines) is 1. The molecule has 1 saturated carbocycles. The van der Waals surface area contributed by atoms with Gasteiger partial charge in [-0.3, -0.25) is 4.79 Å². The van der Waals surface area contributed by atoms with Gasteiger partial charge in [-0.15, -0.1) is 5.10 Å². The molecule has 1 N–H and O–H groups in total. The Morgan fingerprint density at radius 2 is 1.95 bits per heavy atom. The summed E-state index contributed by atoms with van der Waals surface area (Å²) in [5.74, 6) is 0.638. The van der Waals surface area contributed by atoms with Crippen LogP contribution in [0.15, 0.2) is 6.20 Å². The van der Waals surface area contributed by atoms with Gasteiger partial charge in [0.05, 0.1) is 12.2 Å². The van der Waals surface area contributed by atoms with Crippen LogP contribution >= 0.6 is 0 Å². The monoisotopic (exact) mass is 278 g/mol. The number of hydrogen-bond acceptors (Lipinski definition) is 4. The van der Waals surface area contributed by atoms with E-state index in [1.165, 1.54) is 0 Å². The summed E-state index contributed by atoms with van der Waals surface area (Å²) in [5.41, 5.74) is -0.366. The van der Waals surface area contributed by atoms with E-state index in [0.29, 0.717) is 17.5 Å². The van der Waals surface area contributed by atoms with Crippen molar-refractivity contribution >= 4 is 5.91 Å². The van der Waals surface area contributed by atoms with E-state index in [1.54, 1.807) is 13.8 Å². The number of nitrogens with zero attached hydrogens (tertiary/aromatic N) is 4. The largest absolute Gasteiger partial charge is 0.384 e. The molecular weight excluding hydrogens is 256 g/mol. The summed E-state index contributed by atoms with van der Waals surface area (Å²) in [4.78, 5) is 14.0. The minimum absolute atomic E-state index is 0.279. The summed E-state index contributed by atoms with van der Waals surface area (Å²) in [7, 11) is 0. The Hall–Kier alpha value is -1.43. The van der Waals surface area contributed by atoms with Gasteiger partial charge in [0.15, 0.2) is 0 Å². The molecule has 1 saturated heterocycles. The van der Waals surface area contributed by atoms with Crippen molar-refractivity contribution in [2.45, 2.75) is 51.2 Å². The molecule has 6 heteroatoms. The van der Waals surface area contributed by atoms with Gasteiger partial charge in [-0.2, -0.15) is 0 Å². The summed E-state index contributed by atoms with van der Waals surface area (Å²) in [6, 6.07) is 0.279. The second-order valence-corrected chi connectivity index (χ2v) is 6.47. The Morgan fingerprint density at radius 3 is 2.45 bits per heavy atom. The quantitative estimate of drug-likeness (QED) is 0.898. The van der Waals surface area contributed by atoms with Crippen LogP contribution in [0.1, 0.15) is 51.3 Å². The van der Waals surface area contributed by atoms with Crippen LogP contribution in [-0.2, 0) is 10.4 Å². The molecule has 0 spiro atoms. The molecule has 0 unspecified atom stereocenters. The third-order valence-electron chi connectivity index (χ3n) is 4.21. The van der Waals surface area contributed by atoms with E-state index < -0.39 is 5.60 Å². The zero-order valence-corrected chi connectivity index (χ0v) is 12.1. The van der Waals surface area contributed by atoms with Crippen molar-refractivity contribution in [3.8, 4) is 0 Å². The van der Waals surface area contributed by atoms with Crippen LogP contribution in [0, 0.1) is 5.92 Å². The highest BCUT2D eigenvalue weighted by atomic mass is 16.3. The van der Waals surface area contributed by atoms with Crippen LogP contribution in [0.4, 0.5) is 0 Å². The first-order valence-corrected chi connectivity index (χ1v) is 7.38. The van der Waals surface area contributed by atoms with Gasteiger partial charge in [0.25, 0.3) is 0 Å². The highest BCUT2D eigenvalue weighted by Crippen LogP contribution is 2.33. The molecule has 0 bridgehead atoms. The lowest BCUT2D eigenvalue weighted by Gasteiger charge is -2.32. The highest BCUT2D eigenvalue weighted by molar-refractivity contribution is 5.81. The van der Waals surface area contributed by atoms with Crippen molar-refractivity contribution < 1.29 is 9.90 Å². The first-order chi connectivity index (χ1) is 9.45. The number of amides is 1. The summed E-state index contributed by atoms with van der Waals surface area (Å²) >= 11 is 0. The summed E-state index contributed by atoms with van der Waals surface area (Å²) in [5, 5.41) is 18.1. The van der Waals surface area contributed by atoms with Gasteiger partial charge in [-0.1, -0.05) is 5.21 Å². The second kappa shape index (κ2) is 4.84. The third kappa shape index (κ3) is 2.70. The van der Waals surface area contributed by atoms with Crippen molar-refractivity contribution in [2.75, 3.05) is 13.1 Å². The van der Waals surface area contributed by atoms with E-state index in [0.717, 1.165) is 38.8 Å². The van der Waals surface area contributed by atoms with Gasteiger partial charge in [0.2, 0.25) is 5.91 Å². The van der Waals surface area contributed by atoms with Crippen molar-refractivity contribution in [1.82, 2.24) is 19.9 Å². The van der Waals surface area contributed by atoms with Crippen molar-refractivity contribution in [3.63, 3.8) is 0 Å². The summed E-state index contributed by atoms with van der Waals surface area (Å²) in [6.45, 7) is 5.02. The molecule has 2 heterocycles. The van der Waals surface area contributed by atoms with E-state index in [4.69, 9.17) is 0 Å². The first-order valence-electron chi connectivity index (χ1n) is 7.38. The number of piperidine rings is 1. The fourth-order valence-electron chi connectivity index (χ4n) is 2.67. The lowest BCUT2D eigenvalue weighted by atomic mass is 10.0. The molecule has 1 aromatic heterocycles. The average Bonchev–Trinajstić information content (AvgIpc) is 3.13. The van der Waals surface area contributed by atoms with Crippen molar-refractivity contribution in [2.24, 2.45) is 5.92 Å². The Kier molecular flexibility index (Phi) is 3.28. The predicted octanol–water partition coefficient (Wildman–Crippen LogP) is 1.08. The molecule has 6 nitrogen and oxygen atoms in total. The zero-order chi connectivity index (χ0) is 14.3. The van der Waals surface area contributed by atoms with Crippen LogP contribution < -0.4 is 0 Å². The average molecular weight is 278 g/mol. The first kappa shape index (κ1) is 13.5. The molecule has 0 radical (unpaired) electrons. The molecule has 3 rings (SSSR count). The summed E-state index contributed by atoms with van der Waals surface area (Å²) in [6.07, 6.45) is 5.77. The Balaban J connectivity index is 1.60. The maximum atomic E-state index is 12.0. The molecule has 1 amide bonds. The maximum Gasteiger partial charge on any atom is 0.225 e. The Morgan fingerprint density at radius 1 is 1.30 bits per heavy atom.